The van der Waals surface area contributed by atoms with Crippen LogP contribution in [0, 0.1) is 5.92 Å². The molecule has 0 heterocycles. The number of nitrogens with two attached hydrogens (primary N) is 1. The minimum atomic E-state index is -0.0262. The molecule has 0 bridgehead atoms. The topological polar surface area (TPSA) is 84.2 Å². The summed E-state index contributed by atoms with van der Waals surface area (Å²) in [5.41, 5.74) is 7.39. The number of anilines is 1. The molecule has 0 aromatic heterocycles. The maximum absolute atomic E-state index is 12.3. The summed E-state index contributed by atoms with van der Waals surface area (Å²) < 4.78 is 0. The molecule has 2 fully saturated rings. The summed E-state index contributed by atoms with van der Waals surface area (Å²) in [4.78, 5) is 24.4. The van der Waals surface area contributed by atoms with Gasteiger partial charge in [0, 0.05) is 29.8 Å². The number of hydrogen-bond acceptors (Lipinski definition) is 3. The predicted octanol–water partition coefficient (Wildman–Crippen LogP) is 3.21. The fourth-order valence-corrected chi connectivity index (χ4v) is 3.99. The van der Waals surface area contributed by atoms with Gasteiger partial charge in [-0.25, -0.2) is 0 Å². The van der Waals surface area contributed by atoms with E-state index in [-0.39, 0.29) is 17.9 Å². The first kappa shape index (κ1) is 17.9. The number of amides is 2. The van der Waals surface area contributed by atoms with Crippen molar-refractivity contribution in [1.82, 2.24) is 5.32 Å². The van der Waals surface area contributed by atoms with Crippen molar-refractivity contribution >= 4 is 17.5 Å². The van der Waals surface area contributed by atoms with Crippen LogP contribution in [0.3, 0.4) is 0 Å². The third-order valence-corrected chi connectivity index (χ3v) is 5.54. The Kier molecular flexibility index (Phi) is 6.08. The summed E-state index contributed by atoms with van der Waals surface area (Å²) in [6.45, 7) is 0. The van der Waals surface area contributed by atoms with Gasteiger partial charge in [-0.3, -0.25) is 9.59 Å². The standard InChI is InChI=1S/C20H29N3O2/c21-18-8-4-5-15(18)13-19(24)22-17-11-9-14(10-12-17)20(25)23-16-6-2-1-3-7-16/h9-12,15-16,18H,1-8,13,21H2,(H,22,24)(H,23,25)/t15-,18+/m0/s1. The lowest BCUT2D eigenvalue weighted by molar-refractivity contribution is -0.117. The van der Waals surface area contributed by atoms with Crippen LogP contribution < -0.4 is 16.4 Å². The molecule has 0 unspecified atom stereocenters. The molecule has 2 amide bonds. The smallest absolute Gasteiger partial charge is 0.251 e. The SMILES string of the molecule is N[C@@H]1CCC[C@H]1CC(=O)Nc1ccc(C(=O)NC2CCCCC2)cc1. The average Bonchev–Trinajstić information content (AvgIpc) is 3.01. The second-order valence-corrected chi connectivity index (χ2v) is 7.49. The molecule has 1 aromatic rings. The Morgan fingerprint density at radius 1 is 0.960 bits per heavy atom. The van der Waals surface area contributed by atoms with Crippen molar-refractivity contribution in [1.29, 1.82) is 0 Å². The summed E-state index contributed by atoms with van der Waals surface area (Å²) in [6.07, 6.45) is 9.45. The quantitative estimate of drug-likeness (QED) is 0.767. The number of rotatable bonds is 5. The highest BCUT2D eigenvalue weighted by Crippen LogP contribution is 2.27. The van der Waals surface area contributed by atoms with Crippen LogP contribution in [-0.2, 0) is 4.79 Å². The molecule has 25 heavy (non-hydrogen) atoms. The van der Waals surface area contributed by atoms with Crippen molar-refractivity contribution in [3.8, 4) is 0 Å². The highest BCUT2D eigenvalue weighted by atomic mass is 16.2. The molecule has 2 saturated carbocycles. The molecule has 5 heteroatoms. The van der Waals surface area contributed by atoms with E-state index in [2.05, 4.69) is 10.6 Å². The van der Waals surface area contributed by atoms with Gasteiger partial charge in [-0.1, -0.05) is 25.7 Å². The van der Waals surface area contributed by atoms with Gasteiger partial charge in [0.05, 0.1) is 0 Å². The Morgan fingerprint density at radius 2 is 1.68 bits per heavy atom. The molecule has 0 aliphatic heterocycles. The van der Waals surface area contributed by atoms with E-state index in [0.29, 0.717) is 23.9 Å². The molecular formula is C20H29N3O2. The lowest BCUT2D eigenvalue weighted by Crippen LogP contribution is -2.36. The largest absolute Gasteiger partial charge is 0.349 e. The lowest BCUT2D eigenvalue weighted by atomic mass is 9.95. The van der Waals surface area contributed by atoms with Crippen LogP contribution in [0.4, 0.5) is 5.69 Å². The second-order valence-electron chi connectivity index (χ2n) is 7.49. The third kappa shape index (κ3) is 5.05. The molecule has 5 nitrogen and oxygen atoms in total. The van der Waals surface area contributed by atoms with Crippen LogP contribution in [0.15, 0.2) is 24.3 Å². The van der Waals surface area contributed by atoms with Crippen LogP contribution in [0.2, 0.25) is 0 Å². The first-order valence-corrected chi connectivity index (χ1v) is 9.58. The van der Waals surface area contributed by atoms with E-state index in [1.54, 1.807) is 24.3 Å². The van der Waals surface area contributed by atoms with Gasteiger partial charge in [0.15, 0.2) is 0 Å². The minimum Gasteiger partial charge on any atom is -0.349 e. The fraction of sp³-hybridized carbons (Fsp3) is 0.600. The van der Waals surface area contributed by atoms with Gasteiger partial charge in [-0.05, 0) is 55.9 Å². The van der Waals surface area contributed by atoms with E-state index in [1.165, 1.54) is 19.3 Å². The summed E-state index contributed by atoms with van der Waals surface area (Å²) >= 11 is 0. The molecule has 2 aliphatic carbocycles. The first-order valence-electron chi connectivity index (χ1n) is 9.58. The summed E-state index contributed by atoms with van der Waals surface area (Å²) in [6, 6.07) is 7.59. The van der Waals surface area contributed by atoms with Crippen LogP contribution in [-0.4, -0.2) is 23.9 Å². The molecule has 136 valence electrons. The number of carbonyl (C=O) groups excluding carboxylic acids is 2. The zero-order valence-corrected chi connectivity index (χ0v) is 14.8. The second kappa shape index (κ2) is 8.48. The minimum absolute atomic E-state index is 0.00163. The highest BCUT2D eigenvalue weighted by Gasteiger charge is 2.26. The zero-order valence-electron chi connectivity index (χ0n) is 14.8. The van der Waals surface area contributed by atoms with Gasteiger partial charge >= 0.3 is 0 Å². The van der Waals surface area contributed by atoms with E-state index in [0.717, 1.165) is 37.8 Å². The van der Waals surface area contributed by atoms with Gasteiger partial charge in [0.25, 0.3) is 5.91 Å². The Bertz CT molecular complexity index is 593. The van der Waals surface area contributed by atoms with E-state index in [1.807, 2.05) is 0 Å². The predicted molar refractivity (Wildman–Crippen MR) is 99.3 cm³/mol. The number of hydrogen-bond donors (Lipinski definition) is 3. The third-order valence-electron chi connectivity index (χ3n) is 5.54. The molecule has 4 N–H and O–H groups in total. The first-order chi connectivity index (χ1) is 12.1. The van der Waals surface area contributed by atoms with Gasteiger partial charge in [-0.2, -0.15) is 0 Å². The average molecular weight is 343 g/mol. The normalized spacial score (nSPS) is 24.0. The van der Waals surface area contributed by atoms with Crippen molar-refractivity contribution < 1.29 is 9.59 Å². The van der Waals surface area contributed by atoms with Crippen LogP contribution in [0.25, 0.3) is 0 Å². The van der Waals surface area contributed by atoms with Gasteiger partial charge in [0.1, 0.15) is 0 Å². The molecule has 0 radical (unpaired) electrons. The zero-order chi connectivity index (χ0) is 17.6. The summed E-state index contributed by atoms with van der Waals surface area (Å²) in [5, 5.41) is 6.02. The van der Waals surface area contributed by atoms with Gasteiger partial charge < -0.3 is 16.4 Å². The van der Waals surface area contributed by atoms with Crippen molar-refractivity contribution in [2.24, 2.45) is 11.7 Å². The van der Waals surface area contributed by atoms with E-state index < -0.39 is 0 Å². The van der Waals surface area contributed by atoms with E-state index in [9.17, 15) is 9.59 Å². The van der Waals surface area contributed by atoms with Crippen LogP contribution in [0.5, 0.6) is 0 Å². The van der Waals surface area contributed by atoms with Crippen molar-refractivity contribution in [3.05, 3.63) is 29.8 Å². The molecule has 3 rings (SSSR count). The number of benzene rings is 1. The molecule has 0 saturated heterocycles. The highest BCUT2D eigenvalue weighted by molar-refractivity contribution is 5.96. The monoisotopic (exact) mass is 343 g/mol. The maximum atomic E-state index is 12.3. The fourth-order valence-electron chi connectivity index (χ4n) is 3.99. The Hall–Kier alpha value is -1.88. The number of carbonyl (C=O) groups is 2. The van der Waals surface area contributed by atoms with E-state index in [4.69, 9.17) is 5.73 Å². The number of nitrogens with one attached hydrogen (secondary N) is 2. The summed E-state index contributed by atoms with van der Waals surface area (Å²) in [5.74, 6) is 0.268. The Morgan fingerprint density at radius 3 is 2.32 bits per heavy atom. The van der Waals surface area contributed by atoms with Crippen molar-refractivity contribution in [2.45, 2.75) is 69.9 Å². The van der Waals surface area contributed by atoms with Crippen LogP contribution >= 0.6 is 0 Å². The van der Waals surface area contributed by atoms with Crippen molar-refractivity contribution in [3.63, 3.8) is 0 Å². The van der Waals surface area contributed by atoms with Gasteiger partial charge in [-0.15, -0.1) is 0 Å². The molecule has 2 aliphatic rings. The summed E-state index contributed by atoms with van der Waals surface area (Å²) in [7, 11) is 0. The maximum Gasteiger partial charge on any atom is 0.251 e. The molecular weight excluding hydrogens is 314 g/mol. The van der Waals surface area contributed by atoms with Crippen molar-refractivity contribution in [2.75, 3.05) is 5.32 Å². The molecule has 2 atom stereocenters. The lowest BCUT2D eigenvalue weighted by Gasteiger charge is -2.22. The molecule has 1 aromatic carbocycles. The Balaban J connectivity index is 1.49. The van der Waals surface area contributed by atoms with Crippen LogP contribution in [0.1, 0.15) is 68.1 Å². The van der Waals surface area contributed by atoms with E-state index >= 15 is 0 Å². The molecule has 0 spiro atoms. The Labute approximate surface area is 149 Å². The van der Waals surface area contributed by atoms with Gasteiger partial charge in [0.2, 0.25) is 5.91 Å².